The Labute approximate surface area is 146 Å². The Kier molecular flexibility index (Phi) is 7.37. The van der Waals surface area contributed by atoms with Crippen molar-refractivity contribution in [2.75, 3.05) is 25.0 Å². The van der Waals surface area contributed by atoms with E-state index in [1.54, 1.807) is 36.7 Å². The van der Waals surface area contributed by atoms with Crippen molar-refractivity contribution in [3.8, 4) is 0 Å². The van der Waals surface area contributed by atoms with Crippen LogP contribution in [0.25, 0.3) is 0 Å². The fourth-order valence-electron chi connectivity index (χ4n) is 2.11. The van der Waals surface area contributed by atoms with Crippen LogP contribution < -0.4 is 16.0 Å². The second-order valence-electron chi connectivity index (χ2n) is 5.29. The average Bonchev–Trinajstić information content (AvgIpc) is 2.62. The standard InChI is InChI=1S/C18H22FN5O/c1-2-21-18(22-11-9-14-5-7-15(19)8-6-14)23-13-17(25)24-16-4-3-10-20-12-16/h3-8,10,12H,2,9,11,13H2,1H3,(H,24,25)(H2,21,22,23). The van der Waals surface area contributed by atoms with Crippen LogP contribution >= 0.6 is 0 Å². The zero-order valence-electron chi connectivity index (χ0n) is 14.1. The maximum atomic E-state index is 12.9. The van der Waals surface area contributed by atoms with E-state index in [1.165, 1.54) is 12.1 Å². The third-order valence-corrected chi connectivity index (χ3v) is 3.29. The molecule has 0 aliphatic heterocycles. The molecule has 0 saturated heterocycles. The van der Waals surface area contributed by atoms with Crippen LogP contribution in [-0.4, -0.2) is 36.5 Å². The van der Waals surface area contributed by atoms with Gasteiger partial charge in [0.05, 0.1) is 11.9 Å². The molecule has 6 nitrogen and oxygen atoms in total. The highest BCUT2D eigenvalue weighted by Crippen LogP contribution is 2.03. The van der Waals surface area contributed by atoms with E-state index >= 15 is 0 Å². The number of hydrogen-bond acceptors (Lipinski definition) is 3. The lowest BCUT2D eigenvalue weighted by atomic mass is 10.1. The minimum atomic E-state index is -0.244. The number of aliphatic imine (C=N–C) groups is 1. The Morgan fingerprint density at radius 2 is 2.00 bits per heavy atom. The van der Waals surface area contributed by atoms with Gasteiger partial charge in [-0.2, -0.15) is 0 Å². The lowest BCUT2D eigenvalue weighted by molar-refractivity contribution is -0.114. The van der Waals surface area contributed by atoms with Crippen molar-refractivity contribution < 1.29 is 9.18 Å². The first kappa shape index (κ1) is 18.4. The molecular weight excluding hydrogens is 321 g/mol. The van der Waals surface area contributed by atoms with Crippen LogP contribution in [0.1, 0.15) is 12.5 Å². The van der Waals surface area contributed by atoms with E-state index in [0.717, 1.165) is 12.0 Å². The molecule has 1 amide bonds. The number of anilines is 1. The minimum Gasteiger partial charge on any atom is -0.357 e. The molecule has 132 valence electrons. The molecule has 0 unspecified atom stereocenters. The van der Waals surface area contributed by atoms with E-state index < -0.39 is 0 Å². The number of aromatic nitrogens is 1. The van der Waals surface area contributed by atoms with Gasteiger partial charge in [0.2, 0.25) is 5.91 Å². The fourth-order valence-corrected chi connectivity index (χ4v) is 2.11. The Morgan fingerprint density at radius 3 is 2.68 bits per heavy atom. The summed E-state index contributed by atoms with van der Waals surface area (Å²) in [5, 5.41) is 8.97. The van der Waals surface area contributed by atoms with Gasteiger partial charge in [-0.1, -0.05) is 12.1 Å². The van der Waals surface area contributed by atoms with Gasteiger partial charge >= 0.3 is 0 Å². The molecule has 0 fully saturated rings. The van der Waals surface area contributed by atoms with E-state index in [4.69, 9.17) is 0 Å². The fraction of sp³-hybridized carbons (Fsp3) is 0.278. The van der Waals surface area contributed by atoms with Gasteiger partial charge in [0.15, 0.2) is 5.96 Å². The molecule has 0 radical (unpaired) electrons. The first-order valence-electron chi connectivity index (χ1n) is 8.14. The number of nitrogens with zero attached hydrogens (tertiary/aromatic N) is 2. The number of pyridine rings is 1. The topological polar surface area (TPSA) is 78.4 Å². The largest absolute Gasteiger partial charge is 0.357 e. The van der Waals surface area contributed by atoms with E-state index in [9.17, 15) is 9.18 Å². The van der Waals surface area contributed by atoms with Gasteiger partial charge in [0.25, 0.3) is 0 Å². The number of carbonyl (C=O) groups excluding carboxylic acids is 1. The number of amides is 1. The minimum absolute atomic E-state index is 0.000770. The summed E-state index contributed by atoms with van der Waals surface area (Å²) in [6.07, 6.45) is 3.95. The van der Waals surface area contributed by atoms with Crippen LogP contribution in [0, 0.1) is 5.82 Å². The molecule has 7 heteroatoms. The summed E-state index contributed by atoms with van der Waals surface area (Å²) >= 11 is 0. The van der Waals surface area contributed by atoms with Crippen molar-refractivity contribution in [3.05, 3.63) is 60.2 Å². The normalized spacial score (nSPS) is 11.0. The molecule has 2 rings (SSSR count). The van der Waals surface area contributed by atoms with Gasteiger partial charge in [-0.05, 0) is 43.2 Å². The van der Waals surface area contributed by atoms with Crippen molar-refractivity contribution >= 4 is 17.6 Å². The number of halogens is 1. The highest BCUT2D eigenvalue weighted by Gasteiger charge is 2.03. The lowest BCUT2D eigenvalue weighted by Crippen LogP contribution is -2.39. The summed E-state index contributed by atoms with van der Waals surface area (Å²) in [7, 11) is 0. The maximum Gasteiger partial charge on any atom is 0.246 e. The molecule has 2 aromatic rings. The number of rotatable bonds is 7. The first-order valence-corrected chi connectivity index (χ1v) is 8.14. The average molecular weight is 343 g/mol. The van der Waals surface area contributed by atoms with E-state index in [0.29, 0.717) is 24.7 Å². The second-order valence-corrected chi connectivity index (χ2v) is 5.29. The summed E-state index contributed by atoms with van der Waals surface area (Å²) in [5.74, 6) is 0.0981. The summed E-state index contributed by atoms with van der Waals surface area (Å²) in [4.78, 5) is 20.1. The monoisotopic (exact) mass is 343 g/mol. The van der Waals surface area contributed by atoms with Crippen molar-refractivity contribution in [1.29, 1.82) is 0 Å². The first-order chi connectivity index (χ1) is 12.2. The highest BCUT2D eigenvalue weighted by molar-refractivity contribution is 5.93. The van der Waals surface area contributed by atoms with Crippen LogP contribution in [0.4, 0.5) is 10.1 Å². The van der Waals surface area contributed by atoms with Crippen molar-refractivity contribution in [3.63, 3.8) is 0 Å². The number of carbonyl (C=O) groups is 1. The molecule has 1 heterocycles. The number of nitrogens with one attached hydrogen (secondary N) is 3. The molecule has 25 heavy (non-hydrogen) atoms. The molecule has 0 aliphatic carbocycles. The van der Waals surface area contributed by atoms with Crippen LogP contribution in [-0.2, 0) is 11.2 Å². The molecule has 3 N–H and O–H groups in total. The van der Waals surface area contributed by atoms with E-state index in [1.807, 2.05) is 6.92 Å². The van der Waals surface area contributed by atoms with Gasteiger partial charge in [-0.25, -0.2) is 9.38 Å². The predicted molar refractivity (Wildman–Crippen MR) is 97.0 cm³/mol. The van der Waals surface area contributed by atoms with E-state index in [2.05, 4.69) is 25.9 Å². The molecule has 1 aromatic carbocycles. The predicted octanol–water partition coefficient (Wildman–Crippen LogP) is 1.96. The summed E-state index contributed by atoms with van der Waals surface area (Å²) in [5.41, 5.74) is 1.66. The summed E-state index contributed by atoms with van der Waals surface area (Å²) in [6, 6.07) is 9.90. The maximum absolute atomic E-state index is 12.9. The van der Waals surface area contributed by atoms with Crippen LogP contribution in [0.2, 0.25) is 0 Å². The number of guanidine groups is 1. The van der Waals surface area contributed by atoms with Crippen LogP contribution in [0.3, 0.4) is 0 Å². The molecular formula is C18H22FN5O. The third kappa shape index (κ3) is 6.99. The van der Waals surface area contributed by atoms with Gasteiger partial charge < -0.3 is 16.0 Å². The third-order valence-electron chi connectivity index (χ3n) is 3.29. The summed E-state index contributed by atoms with van der Waals surface area (Å²) < 4.78 is 12.9. The van der Waals surface area contributed by atoms with Gasteiger partial charge in [-0.3, -0.25) is 9.78 Å². The molecule has 1 aromatic heterocycles. The van der Waals surface area contributed by atoms with Crippen molar-refractivity contribution in [2.45, 2.75) is 13.3 Å². The zero-order valence-corrected chi connectivity index (χ0v) is 14.1. The van der Waals surface area contributed by atoms with Crippen LogP contribution in [0.15, 0.2) is 53.8 Å². The number of hydrogen-bond donors (Lipinski definition) is 3. The van der Waals surface area contributed by atoms with Gasteiger partial charge in [-0.15, -0.1) is 0 Å². The summed E-state index contributed by atoms with van der Waals surface area (Å²) in [6.45, 7) is 3.27. The zero-order chi connectivity index (χ0) is 17.9. The molecule has 0 atom stereocenters. The molecule has 0 saturated carbocycles. The van der Waals surface area contributed by atoms with Crippen molar-refractivity contribution in [1.82, 2.24) is 15.6 Å². The van der Waals surface area contributed by atoms with Crippen LogP contribution in [0.5, 0.6) is 0 Å². The highest BCUT2D eigenvalue weighted by atomic mass is 19.1. The van der Waals surface area contributed by atoms with Crippen molar-refractivity contribution in [2.24, 2.45) is 4.99 Å². The van der Waals surface area contributed by atoms with Gasteiger partial charge in [0, 0.05) is 19.3 Å². The van der Waals surface area contributed by atoms with E-state index in [-0.39, 0.29) is 18.3 Å². The molecule has 0 spiro atoms. The smallest absolute Gasteiger partial charge is 0.246 e. The Morgan fingerprint density at radius 1 is 1.20 bits per heavy atom. The quantitative estimate of drug-likeness (QED) is 0.530. The number of benzene rings is 1. The SMILES string of the molecule is CCNC(=NCC(=O)Nc1cccnc1)NCCc1ccc(F)cc1. The second kappa shape index (κ2) is 10.0. The lowest BCUT2D eigenvalue weighted by Gasteiger charge is -2.11. The van der Waals surface area contributed by atoms with Gasteiger partial charge in [0.1, 0.15) is 12.4 Å². The Hall–Kier alpha value is -2.96. The Bertz CT molecular complexity index is 688. The molecule has 0 bridgehead atoms. The molecule has 0 aliphatic rings. The Balaban J connectivity index is 1.80.